The molecule has 0 aliphatic rings. The minimum Gasteiger partial charge on any atom is -0.490 e. The van der Waals surface area contributed by atoms with Gasteiger partial charge in [-0.25, -0.2) is 4.98 Å². The summed E-state index contributed by atoms with van der Waals surface area (Å²) in [5, 5.41) is 5.22. The maximum Gasteiger partial charge on any atom is 0.264 e. The van der Waals surface area contributed by atoms with Crippen LogP contribution in [0.25, 0.3) is 11.3 Å². The van der Waals surface area contributed by atoms with Crippen LogP contribution < -0.4 is 14.8 Å². The maximum absolute atomic E-state index is 12.1. The number of rotatable bonds is 7. The molecule has 1 amide bonds. The van der Waals surface area contributed by atoms with Gasteiger partial charge < -0.3 is 9.47 Å². The van der Waals surface area contributed by atoms with Crippen molar-refractivity contribution in [2.75, 3.05) is 18.5 Å². The molecule has 0 aliphatic carbocycles. The van der Waals surface area contributed by atoms with Crippen molar-refractivity contribution in [2.45, 2.75) is 6.92 Å². The van der Waals surface area contributed by atoms with E-state index in [1.54, 1.807) is 6.07 Å². The Morgan fingerprint density at radius 2 is 1.72 bits per heavy atom. The molecule has 1 N–H and O–H groups in total. The van der Waals surface area contributed by atoms with Gasteiger partial charge in [-0.05, 0) is 19.1 Å². The van der Waals surface area contributed by atoms with Crippen LogP contribution in [0.4, 0.5) is 5.13 Å². The number of ether oxygens (including phenoxy) is 2. The minimum atomic E-state index is -0.264. The standard InChI is InChI=1S/C19H18N2O3S/c1-2-23-16-10-6-7-11-17(16)24-12-18(22)21-19-20-15(13-25-19)14-8-4-3-5-9-14/h3-11,13H,2,12H2,1H3,(H,20,21,22). The first-order chi connectivity index (χ1) is 12.3. The van der Waals surface area contributed by atoms with Crippen LogP contribution in [0.3, 0.4) is 0 Å². The van der Waals surface area contributed by atoms with E-state index in [9.17, 15) is 4.79 Å². The number of benzene rings is 2. The molecule has 0 aliphatic heterocycles. The van der Waals surface area contributed by atoms with E-state index in [1.165, 1.54) is 11.3 Å². The molecule has 0 atom stereocenters. The van der Waals surface area contributed by atoms with E-state index in [0.717, 1.165) is 11.3 Å². The van der Waals surface area contributed by atoms with E-state index in [0.29, 0.717) is 23.2 Å². The Balaban J connectivity index is 1.58. The number of para-hydroxylation sites is 2. The molecular formula is C19H18N2O3S. The molecule has 0 radical (unpaired) electrons. The summed E-state index contributed by atoms with van der Waals surface area (Å²) in [6.07, 6.45) is 0. The second-order valence-corrected chi connectivity index (χ2v) is 5.98. The van der Waals surface area contributed by atoms with Crippen LogP contribution in [0.5, 0.6) is 11.5 Å². The first-order valence-corrected chi connectivity index (χ1v) is 8.79. The number of hydrogen-bond donors (Lipinski definition) is 1. The Bertz CT molecular complexity index is 833. The molecule has 0 saturated carbocycles. The fourth-order valence-corrected chi connectivity index (χ4v) is 2.95. The summed E-state index contributed by atoms with van der Waals surface area (Å²) >= 11 is 1.38. The highest BCUT2D eigenvalue weighted by atomic mass is 32.1. The predicted molar refractivity (Wildman–Crippen MR) is 99.3 cm³/mol. The van der Waals surface area contributed by atoms with E-state index in [1.807, 2.05) is 60.8 Å². The third-order valence-corrected chi connectivity index (χ3v) is 4.09. The number of anilines is 1. The molecule has 0 bridgehead atoms. The molecule has 25 heavy (non-hydrogen) atoms. The van der Waals surface area contributed by atoms with Gasteiger partial charge in [-0.3, -0.25) is 10.1 Å². The molecule has 0 spiro atoms. The average molecular weight is 354 g/mol. The zero-order valence-corrected chi connectivity index (χ0v) is 14.6. The zero-order chi connectivity index (χ0) is 17.5. The van der Waals surface area contributed by atoms with Crippen LogP contribution in [-0.2, 0) is 4.79 Å². The number of carbonyl (C=O) groups is 1. The van der Waals surface area contributed by atoms with Gasteiger partial charge >= 0.3 is 0 Å². The molecule has 5 nitrogen and oxygen atoms in total. The van der Waals surface area contributed by atoms with Gasteiger partial charge in [0.05, 0.1) is 12.3 Å². The van der Waals surface area contributed by atoms with Crippen molar-refractivity contribution < 1.29 is 14.3 Å². The molecule has 0 saturated heterocycles. The lowest BCUT2D eigenvalue weighted by atomic mass is 10.2. The molecule has 1 heterocycles. The van der Waals surface area contributed by atoms with Crippen molar-refractivity contribution in [1.29, 1.82) is 0 Å². The van der Waals surface area contributed by atoms with Crippen LogP contribution in [-0.4, -0.2) is 24.1 Å². The number of amides is 1. The van der Waals surface area contributed by atoms with E-state index in [4.69, 9.17) is 9.47 Å². The quantitative estimate of drug-likeness (QED) is 0.690. The highest BCUT2D eigenvalue weighted by Crippen LogP contribution is 2.27. The van der Waals surface area contributed by atoms with Gasteiger partial charge in [0.2, 0.25) is 0 Å². The Labute approximate surface area is 150 Å². The van der Waals surface area contributed by atoms with Gasteiger partial charge in [-0.1, -0.05) is 42.5 Å². The van der Waals surface area contributed by atoms with Gasteiger partial charge in [0.1, 0.15) is 0 Å². The van der Waals surface area contributed by atoms with Crippen molar-refractivity contribution in [1.82, 2.24) is 4.98 Å². The topological polar surface area (TPSA) is 60.5 Å². The van der Waals surface area contributed by atoms with Gasteiger partial charge in [0, 0.05) is 10.9 Å². The van der Waals surface area contributed by atoms with Crippen LogP contribution in [0.15, 0.2) is 60.0 Å². The number of aromatic nitrogens is 1. The Hall–Kier alpha value is -2.86. The lowest BCUT2D eigenvalue weighted by molar-refractivity contribution is -0.118. The highest BCUT2D eigenvalue weighted by Gasteiger charge is 2.10. The second-order valence-electron chi connectivity index (χ2n) is 5.12. The number of carbonyl (C=O) groups excluding carboxylic acids is 1. The lowest BCUT2D eigenvalue weighted by Gasteiger charge is -2.10. The number of nitrogens with one attached hydrogen (secondary N) is 1. The summed E-state index contributed by atoms with van der Waals surface area (Å²) < 4.78 is 11.0. The molecule has 1 aromatic heterocycles. The van der Waals surface area contributed by atoms with Gasteiger partial charge in [0.25, 0.3) is 5.91 Å². The van der Waals surface area contributed by atoms with Gasteiger partial charge in [-0.2, -0.15) is 0 Å². The number of nitrogens with zero attached hydrogens (tertiary/aromatic N) is 1. The van der Waals surface area contributed by atoms with E-state index < -0.39 is 0 Å². The van der Waals surface area contributed by atoms with Crippen molar-refractivity contribution in [3.05, 3.63) is 60.0 Å². The summed E-state index contributed by atoms with van der Waals surface area (Å²) in [4.78, 5) is 16.5. The first-order valence-electron chi connectivity index (χ1n) is 7.91. The summed E-state index contributed by atoms with van der Waals surface area (Å²) in [6.45, 7) is 2.33. The SMILES string of the molecule is CCOc1ccccc1OCC(=O)Nc1nc(-c2ccccc2)cs1. The Kier molecular flexibility index (Phi) is 5.64. The summed E-state index contributed by atoms with van der Waals surface area (Å²) in [7, 11) is 0. The second kappa shape index (κ2) is 8.30. The van der Waals surface area contributed by atoms with Crippen LogP contribution in [0.1, 0.15) is 6.92 Å². The molecular weight excluding hydrogens is 336 g/mol. The summed E-state index contributed by atoms with van der Waals surface area (Å²) in [5.41, 5.74) is 1.85. The molecule has 3 rings (SSSR count). The van der Waals surface area contributed by atoms with E-state index in [2.05, 4.69) is 10.3 Å². The fraction of sp³-hybridized carbons (Fsp3) is 0.158. The highest BCUT2D eigenvalue weighted by molar-refractivity contribution is 7.14. The largest absolute Gasteiger partial charge is 0.490 e. The van der Waals surface area contributed by atoms with Crippen LogP contribution >= 0.6 is 11.3 Å². The zero-order valence-electron chi connectivity index (χ0n) is 13.8. The smallest absolute Gasteiger partial charge is 0.264 e. The van der Waals surface area contributed by atoms with Gasteiger partial charge in [-0.15, -0.1) is 11.3 Å². The molecule has 2 aromatic carbocycles. The summed E-state index contributed by atoms with van der Waals surface area (Å²) in [5.74, 6) is 0.905. The predicted octanol–water partition coefficient (Wildman–Crippen LogP) is 4.23. The minimum absolute atomic E-state index is 0.107. The molecule has 6 heteroatoms. The molecule has 128 valence electrons. The third kappa shape index (κ3) is 4.58. The lowest BCUT2D eigenvalue weighted by Crippen LogP contribution is -2.20. The Morgan fingerprint density at radius 1 is 1.04 bits per heavy atom. The van der Waals surface area contributed by atoms with Gasteiger partial charge in [0.15, 0.2) is 23.2 Å². The van der Waals surface area contributed by atoms with Crippen LogP contribution in [0, 0.1) is 0 Å². The monoisotopic (exact) mass is 354 g/mol. The van der Waals surface area contributed by atoms with Crippen molar-refractivity contribution in [3.63, 3.8) is 0 Å². The number of hydrogen-bond acceptors (Lipinski definition) is 5. The molecule has 0 fully saturated rings. The molecule has 0 unspecified atom stereocenters. The summed E-state index contributed by atoms with van der Waals surface area (Å²) in [6, 6.07) is 17.1. The van der Waals surface area contributed by atoms with Crippen molar-refractivity contribution in [3.8, 4) is 22.8 Å². The maximum atomic E-state index is 12.1. The van der Waals surface area contributed by atoms with Crippen molar-refractivity contribution >= 4 is 22.4 Å². The Morgan fingerprint density at radius 3 is 2.44 bits per heavy atom. The van der Waals surface area contributed by atoms with Crippen molar-refractivity contribution in [2.24, 2.45) is 0 Å². The average Bonchev–Trinajstić information content (AvgIpc) is 3.10. The fourth-order valence-electron chi connectivity index (χ4n) is 2.22. The van der Waals surface area contributed by atoms with E-state index in [-0.39, 0.29) is 12.5 Å². The van der Waals surface area contributed by atoms with E-state index >= 15 is 0 Å². The normalized spacial score (nSPS) is 10.3. The number of thiazole rings is 1. The van der Waals surface area contributed by atoms with Crippen LogP contribution in [0.2, 0.25) is 0 Å². The third-order valence-electron chi connectivity index (χ3n) is 3.33. The molecule has 3 aromatic rings. The first kappa shape index (κ1) is 17.0.